The van der Waals surface area contributed by atoms with Crippen LogP contribution in [-0.2, 0) is 11.2 Å². The Kier molecular flexibility index (Phi) is 4.18. The van der Waals surface area contributed by atoms with Gasteiger partial charge < -0.3 is 5.11 Å². The molecule has 0 saturated heterocycles. The van der Waals surface area contributed by atoms with Crippen LogP contribution in [0.1, 0.15) is 37.7 Å². The van der Waals surface area contributed by atoms with Crippen molar-refractivity contribution in [2.24, 2.45) is 11.8 Å². The van der Waals surface area contributed by atoms with Gasteiger partial charge in [-0.2, -0.15) is 0 Å². The van der Waals surface area contributed by atoms with Gasteiger partial charge in [-0.1, -0.05) is 43.2 Å². The first-order valence-electron chi connectivity index (χ1n) is 6.54. The van der Waals surface area contributed by atoms with Gasteiger partial charge >= 0.3 is 5.97 Å². The minimum absolute atomic E-state index is 0.104. The van der Waals surface area contributed by atoms with Crippen molar-refractivity contribution in [3.05, 3.63) is 35.9 Å². The van der Waals surface area contributed by atoms with Crippen molar-refractivity contribution in [3.63, 3.8) is 0 Å². The highest BCUT2D eigenvalue weighted by atomic mass is 16.4. The first-order chi connectivity index (χ1) is 8.27. The monoisotopic (exact) mass is 232 g/mol. The van der Waals surface area contributed by atoms with E-state index in [1.165, 1.54) is 12.0 Å². The molecule has 2 heteroatoms. The molecule has 1 aliphatic rings. The Balaban J connectivity index is 1.90. The number of benzene rings is 1. The minimum Gasteiger partial charge on any atom is -0.481 e. The summed E-state index contributed by atoms with van der Waals surface area (Å²) in [7, 11) is 0. The van der Waals surface area contributed by atoms with E-state index in [0.717, 1.165) is 32.1 Å². The lowest BCUT2D eigenvalue weighted by Crippen LogP contribution is -2.27. The molecule has 2 nitrogen and oxygen atoms in total. The van der Waals surface area contributed by atoms with Crippen LogP contribution in [0.15, 0.2) is 30.3 Å². The molecule has 0 aromatic heterocycles. The van der Waals surface area contributed by atoms with E-state index < -0.39 is 5.97 Å². The first-order valence-corrected chi connectivity index (χ1v) is 6.54. The Morgan fingerprint density at radius 1 is 1.18 bits per heavy atom. The summed E-state index contributed by atoms with van der Waals surface area (Å²) in [4.78, 5) is 11.2. The Hall–Kier alpha value is -1.31. The summed E-state index contributed by atoms with van der Waals surface area (Å²) in [6.07, 6.45) is 6.26. The molecule has 1 aliphatic carbocycles. The summed E-state index contributed by atoms with van der Waals surface area (Å²) in [5.41, 5.74) is 1.32. The molecule has 0 radical (unpaired) electrons. The summed E-state index contributed by atoms with van der Waals surface area (Å²) in [5.74, 6) is -0.323. The van der Waals surface area contributed by atoms with E-state index in [9.17, 15) is 9.90 Å². The molecular formula is C15H20O2. The van der Waals surface area contributed by atoms with Gasteiger partial charge in [-0.3, -0.25) is 4.79 Å². The van der Waals surface area contributed by atoms with Gasteiger partial charge in [-0.05, 0) is 37.2 Å². The second-order valence-corrected chi connectivity index (χ2v) is 5.01. The number of carboxylic acid groups (broad SMARTS) is 1. The standard InChI is InChI=1S/C15H20O2/c16-15(17)14-9-5-4-8-13(14)11-10-12-6-2-1-3-7-12/h1-3,6-7,13-14H,4-5,8-11H2,(H,16,17)/t13-,14+/m0/s1. The maximum Gasteiger partial charge on any atom is 0.306 e. The number of rotatable bonds is 4. The molecule has 1 fully saturated rings. The van der Waals surface area contributed by atoms with Crippen molar-refractivity contribution in [2.75, 3.05) is 0 Å². The molecule has 1 aromatic rings. The van der Waals surface area contributed by atoms with Gasteiger partial charge in [0.25, 0.3) is 0 Å². The van der Waals surface area contributed by atoms with Crippen molar-refractivity contribution in [1.82, 2.24) is 0 Å². The smallest absolute Gasteiger partial charge is 0.306 e. The highest BCUT2D eigenvalue weighted by Crippen LogP contribution is 2.33. The molecule has 92 valence electrons. The lowest BCUT2D eigenvalue weighted by atomic mass is 9.76. The van der Waals surface area contributed by atoms with Gasteiger partial charge in [-0.25, -0.2) is 0 Å². The molecule has 2 rings (SSSR count). The predicted molar refractivity (Wildman–Crippen MR) is 67.8 cm³/mol. The molecular weight excluding hydrogens is 212 g/mol. The third kappa shape index (κ3) is 3.32. The highest BCUT2D eigenvalue weighted by Gasteiger charge is 2.30. The van der Waals surface area contributed by atoms with Crippen LogP contribution in [0.4, 0.5) is 0 Å². The van der Waals surface area contributed by atoms with Crippen LogP contribution < -0.4 is 0 Å². The van der Waals surface area contributed by atoms with Crippen LogP contribution in [0, 0.1) is 11.8 Å². The Labute approximate surface area is 103 Å². The van der Waals surface area contributed by atoms with Crippen molar-refractivity contribution in [1.29, 1.82) is 0 Å². The van der Waals surface area contributed by atoms with Crippen molar-refractivity contribution < 1.29 is 9.90 Å². The van der Waals surface area contributed by atoms with Crippen LogP contribution in [0.3, 0.4) is 0 Å². The summed E-state index contributed by atoms with van der Waals surface area (Å²) >= 11 is 0. The van der Waals surface area contributed by atoms with Crippen LogP contribution in [0.25, 0.3) is 0 Å². The summed E-state index contributed by atoms with van der Waals surface area (Å²) in [5, 5.41) is 9.21. The van der Waals surface area contributed by atoms with Gasteiger partial charge in [0.1, 0.15) is 0 Å². The quantitative estimate of drug-likeness (QED) is 0.862. The second kappa shape index (κ2) is 5.85. The van der Waals surface area contributed by atoms with Crippen molar-refractivity contribution in [2.45, 2.75) is 38.5 Å². The van der Waals surface area contributed by atoms with Crippen LogP contribution in [-0.4, -0.2) is 11.1 Å². The molecule has 17 heavy (non-hydrogen) atoms. The summed E-state index contributed by atoms with van der Waals surface area (Å²) < 4.78 is 0. The molecule has 0 aliphatic heterocycles. The number of hydrogen-bond donors (Lipinski definition) is 1. The summed E-state index contributed by atoms with van der Waals surface area (Å²) in [6.45, 7) is 0. The fraction of sp³-hybridized carbons (Fsp3) is 0.533. The third-order valence-electron chi connectivity index (χ3n) is 3.87. The lowest BCUT2D eigenvalue weighted by molar-refractivity contribution is -0.145. The molecule has 2 atom stereocenters. The largest absolute Gasteiger partial charge is 0.481 e. The maximum atomic E-state index is 11.2. The second-order valence-electron chi connectivity index (χ2n) is 5.01. The maximum absolute atomic E-state index is 11.2. The third-order valence-corrected chi connectivity index (χ3v) is 3.87. The molecule has 0 spiro atoms. The van der Waals surface area contributed by atoms with E-state index >= 15 is 0 Å². The number of carbonyl (C=O) groups is 1. The molecule has 0 heterocycles. The number of carboxylic acids is 1. The predicted octanol–water partition coefficient (Wildman–Crippen LogP) is 3.51. The summed E-state index contributed by atoms with van der Waals surface area (Å²) in [6, 6.07) is 10.4. The van der Waals surface area contributed by atoms with Crippen LogP contribution >= 0.6 is 0 Å². The van der Waals surface area contributed by atoms with Gasteiger partial charge in [0, 0.05) is 0 Å². The van der Waals surface area contributed by atoms with Crippen molar-refractivity contribution in [3.8, 4) is 0 Å². The van der Waals surface area contributed by atoms with E-state index in [1.54, 1.807) is 0 Å². The zero-order valence-electron chi connectivity index (χ0n) is 10.1. The minimum atomic E-state index is -0.595. The molecule has 1 saturated carbocycles. The molecule has 1 aromatic carbocycles. The van der Waals surface area contributed by atoms with Gasteiger partial charge in [-0.15, -0.1) is 0 Å². The Morgan fingerprint density at radius 3 is 2.59 bits per heavy atom. The molecule has 1 N–H and O–H groups in total. The Morgan fingerprint density at radius 2 is 1.88 bits per heavy atom. The number of aliphatic carboxylic acids is 1. The number of aryl methyl sites for hydroxylation is 1. The Bertz CT molecular complexity index is 358. The highest BCUT2D eigenvalue weighted by molar-refractivity contribution is 5.70. The fourth-order valence-electron chi connectivity index (χ4n) is 2.88. The van der Waals surface area contributed by atoms with Crippen LogP contribution in [0.2, 0.25) is 0 Å². The normalized spacial score (nSPS) is 24.5. The topological polar surface area (TPSA) is 37.3 Å². The zero-order chi connectivity index (χ0) is 12.1. The average molecular weight is 232 g/mol. The van der Waals surface area contributed by atoms with E-state index in [-0.39, 0.29) is 5.92 Å². The van der Waals surface area contributed by atoms with Gasteiger partial charge in [0.05, 0.1) is 5.92 Å². The van der Waals surface area contributed by atoms with Crippen LogP contribution in [0.5, 0.6) is 0 Å². The van der Waals surface area contributed by atoms with E-state index in [1.807, 2.05) is 18.2 Å². The number of hydrogen-bond acceptors (Lipinski definition) is 1. The first kappa shape index (κ1) is 12.2. The lowest BCUT2D eigenvalue weighted by Gasteiger charge is -2.28. The average Bonchev–Trinajstić information content (AvgIpc) is 2.38. The zero-order valence-corrected chi connectivity index (χ0v) is 10.1. The van der Waals surface area contributed by atoms with Gasteiger partial charge in [0.15, 0.2) is 0 Å². The van der Waals surface area contributed by atoms with E-state index in [2.05, 4.69) is 12.1 Å². The van der Waals surface area contributed by atoms with Crippen molar-refractivity contribution >= 4 is 5.97 Å². The van der Waals surface area contributed by atoms with Gasteiger partial charge in [0.2, 0.25) is 0 Å². The molecule has 0 amide bonds. The SMILES string of the molecule is O=C(O)[C@@H]1CCCC[C@H]1CCc1ccccc1. The molecule has 0 unspecified atom stereocenters. The van der Waals surface area contributed by atoms with E-state index in [0.29, 0.717) is 5.92 Å². The molecule has 0 bridgehead atoms. The fourth-order valence-corrected chi connectivity index (χ4v) is 2.88. The van der Waals surface area contributed by atoms with E-state index in [4.69, 9.17) is 0 Å².